The van der Waals surface area contributed by atoms with E-state index < -0.39 is 0 Å². The van der Waals surface area contributed by atoms with Gasteiger partial charge in [-0.2, -0.15) is 0 Å². The van der Waals surface area contributed by atoms with Crippen LogP contribution >= 0.6 is 23.2 Å². The number of benzene rings is 1. The molecule has 1 amide bonds. The Bertz CT molecular complexity index is 475. The second-order valence-corrected chi connectivity index (χ2v) is 5.04. The van der Waals surface area contributed by atoms with E-state index in [2.05, 4.69) is 6.58 Å². The Kier molecular flexibility index (Phi) is 6.19. The molecule has 3 nitrogen and oxygen atoms in total. The SMILES string of the molecule is C=C(C)CN(CC)C(=O)COc1ccc(Cl)c(Cl)c1. The lowest BCUT2D eigenvalue weighted by molar-refractivity contribution is -0.132. The fraction of sp³-hybridized carbons (Fsp3) is 0.357. The standard InChI is InChI=1S/C14H17Cl2NO2/c1-4-17(8-10(2)3)14(18)9-19-11-5-6-12(15)13(16)7-11/h5-7H,2,4,8-9H2,1,3H3. The minimum atomic E-state index is -0.0865. The summed E-state index contributed by atoms with van der Waals surface area (Å²) < 4.78 is 5.40. The van der Waals surface area contributed by atoms with E-state index >= 15 is 0 Å². The molecule has 0 heterocycles. The first-order valence-electron chi connectivity index (χ1n) is 5.94. The van der Waals surface area contributed by atoms with Gasteiger partial charge in [-0.1, -0.05) is 35.4 Å². The number of nitrogens with zero attached hydrogens (tertiary/aromatic N) is 1. The minimum Gasteiger partial charge on any atom is -0.484 e. The van der Waals surface area contributed by atoms with Gasteiger partial charge < -0.3 is 9.64 Å². The van der Waals surface area contributed by atoms with Gasteiger partial charge in [0.1, 0.15) is 5.75 Å². The molecule has 0 aromatic heterocycles. The molecule has 1 aromatic rings. The van der Waals surface area contributed by atoms with E-state index in [0.717, 1.165) is 5.57 Å². The molecule has 19 heavy (non-hydrogen) atoms. The molecule has 0 N–H and O–H groups in total. The van der Waals surface area contributed by atoms with Gasteiger partial charge in [0.05, 0.1) is 10.0 Å². The van der Waals surface area contributed by atoms with Crippen molar-refractivity contribution in [3.8, 4) is 5.75 Å². The number of likely N-dealkylation sites (N-methyl/N-ethyl adjacent to an activating group) is 1. The molecule has 0 atom stereocenters. The van der Waals surface area contributed by atoms with E-state index in [0.29, 0.717) is 28.9 Å². The predicted molar refractivity (Wildman–Crippen MR) is 79.0 cm³/mol. The first-order chi connectivity index (χ1) is 8.93. The molecule has 0 spiro atoms. The van der Waals surface area contributed by atoms with Crippen molar-refractivity contribution < 1.29 is 9.53 Å². The summed E-state index contributed by atoms with van der Waals surface area (Å²) in [5.74, 6) is 0.436. The summed E-state index contributed by atoms with van der Waals surface area (Å²) in [4.78, 5) is 13.6. The molecule has 1 rings (SSSR count). The van der Waals surface area contributed by atoms with Gasteiger partial charge in [-0.25, -0.2) is 0 Å². The zero-order chi connectivity index (χ0) is 14.4. The normalized spacial score (nSPS) is 10.1. The smallest absolute Gasteiger partial charge is 0.260 e. The molecule has 0 aliphatic rings. The van der Waals surface area contributed by atoms with Crippen LogP contribution in [0.4, 0.5) is 0 Å². The molecule has 0 radical (unpaired) electrons. The molecular formula is C14H17Cl2NO2. The molecule has 0 saturated heterocycles. The number of carbonyl (C=O) groups excluding carboxylic acids is 1. The summed E-state index contributed by atoms with van der Waals surface area (Å²) in [6, 6.07) is 4.90. The molecular weight excluding hydrogens is 285 g/mol. The maximum Gasteiger partial charge on any atom is 0.260 e. The topological polar surface area (TPSA) is 29.5 Å². The highest BCUT2D eigenvalue weighted by molar-refractivity contribution is 6.42. The van der Waals surface area contributed by atoms with E-state index in [1.54, 1.807) is 23.1 Å². The van der Waals surface area contributed by atoms with Gasteiger partial charge >= 0.3 is 0 Å². The van der Waals surface area contributed by atoms with Crippen molar-refractivity contribution in [2.45, 2.75) is 13.8 Å². The van der Waals surface area contributed by atoms with Gasteiger partial charge in [-0.15, -0.1) is 0 Å². The fourth-order valence-corrected chi connectivity index (χ4v) is 1.79. The monoisotopic (exact) mass is 301 g/mol. The lowest BCUT2D eigenvalue weighted by Gasteiger charge is -2.21. The van der Waals surface area contributed by atoms with E-state index in [9.17, 15) is 4.79 Å². The highest BCUT2D eigenvalue weighted by Crippen LogP contribution is 2.26. The summed E-state index contributed by atoms with van der Waals surface area (Å²) in [6.45, 7) is 8.73. The van der Waals surface area contributed by atoms with Crippen molar-refractivity contribution in [1.82, 2.24) is 4.90 Å². The Hall–Kier alpha value is -1.19. The molecule has 104 valence electrons. The van der Waals surface area contributed by atoms with Crippen LogP contribution in [0.15, 0.2) is 30.4 Å². The van der Waals surface area contributed by atoms with E-state index in [-0.39, 0.29) is 12.5 Å². The Balaban J connectivity index is 2.57. The number of carbonyl (C=O) groups is 1. The summed E-state index contributed by atoms with van der Waals surface area (Å²) in [5, 5.41) is 0.860. The van der Waals surface area contributed by atoms with E-state index in [1.807, 2.05) is 13.8 Å². The van der Waals surface area contributed by atoms with Crippen molar-refractivity contribution in [2.75, 3.05) is 19.7 Å². The van der Waals surface area contributed by atoms with Crippen molar-refractivity contribution in [3.63, 3.8) is 0 Å². The van der Waals surface area contributed by atoms with Crippen molar-refractivity contribution in [2.24, 2.45) is 0 Å². The van der Waals surface area contributed by atoms with Crippen molar-refractivity contribution >= 4 is 29.1 Å². The van der Waals surface area contributed by atoms with Crippen LogP contribution in [-0.4, -0.2) is 30.5 Å². The highest BCUT2D eigenvalue weighted by atomic mass is 35.5. The van der Waals surface area contributed by atoms with E-state index in [1.165, 1.54) is 0 Å². The highest BCUT2D eigenvalue weighted by Gasteiger charge is 2.12. The van der Waals surface area contributed by atoms with Crippen molar-refractivity contribution in [3.05, 3.63) is 40.4 Å². The number of amides is 1. The van der Waals surface area contributed by atoms with E-state index in [4.69, 9.17) is 27.9 Å². The third-order valence-corrected chi connectivity index (χ3v) is 3.19. The summed E-state index contributed by atoms with van der Waals surface area (Å²) >= 11 is 11.7. The largest absolute Gasteiger partial charge is 0.484 e. The first-order valence-corrected chi connectivity index (χ1v) is 6.69. The number of hydrogen-bond acceptors (Lipinski definition) is 2. The Labute approximate surface area is 123 Å². The number of ether oxygens (including phenoxy) is 1. The number of halogens is 2. The van der Waals surface area contributed by atoms with Gasteiger partial charge in [-0.05, 0) is 26.0 Å². The zero-order valence-electron chi connectivity index (χ0n) is 11.1. The quantitative estimate of drug-likeness (QED) is 0.748. The maximum absolute atomic E-state index is 11.9. The Morgan fingerprint density at radius 3 is 2.58 bits per heavy atom. The molecule has 5 heteroatoms. The Morgan fingerprint density at radius 1 is 1.37 bits per heavy atom. The van der Waals surface area contributed by atoms with Crippen LogP contribution in [0.25, 0.3) is 0 Å². The van der Waals surface area contributed by atoms with Crippen LogP contribution in [0.3, 0.4) is 0 Å². The molecule has 0 aliphatic carbocycles. The maximum atomic E-state index is 11.9. The van der Waals surface area contributed by atoms with Gasteiger partial charge in [0.2, 0.25) is 0 Å². The second kappa shape index (κ2) is 7.41. The molecule has 0 aliphatic heterocycles. The second-order valence-electron chi connectivity index (χ2n) is 4.23. The van der Waals surface area contributed by atoms with Crippen LogP contribution in [-0.2, 0) is 4.79 Å². The van der Waals surface area contributed by atoms with Gasteiger partial charge in [0.15, 0.2) is 6.61 Å². The average Bonchev–Trinajstić information content (AvgIpc) is 2.36. The lowest BCUT2D eigenvalue weighted by Crippen LogP contribution is -2.35. The zero-order valence-corrected chi connectivity index (χ0v) is 12.6. The summed E-state index contributed by atoms with van der Waals surface area (Å²) in [7, 11) is 0. The van der Waals surface area contributed by atoms with Gasteiger partial charge in [0, 0.05) is 19.2 Å². The molecule has 0 fully saturated rings. The van der Waals surface area contributed by atoms with Crippen LogP contribution in [0, 0.1) is 0 Å². The summed E-state index contributed by atoms with van der Waals surface area (Å²) in [6.07, 6.45) is 0. The summed E-state index contributed by atoms with van der Waals surface area (Å²) in [5.41, 5.74) is 0.935. The molecule has 0 saturated carbocycles. The Morgan fingerprint density at radius 2 is 2.05 bits per heavy atom. The molecule has 1 aromatic carbocycles. The number of hydrogen-bond donors (Lipinski definition) is 0. The van der Waals surface area contributed by atoms with Crippen LogP contribution in [0.5, 0.6) is 5.75 Å². The predicted octanol–water partition coefficient (Wildman–Crippen LogP) is 3.80. The number of rotatable bonds is 6. The van der Waals surface area contributed by atoms with Crippen molar-refractivity contribution in [1.29, 1.82) is 0 Å². The molecule has 0 unspecified atom stereocenters. The third-order valence-electron chi connectivity index (χ3n) is 2.45. The van der Waals surface area contributed by atoms with Crippen LogP contribution in [0.2, 0.25) is 10.0 Å². The molecule has 0 bridgehead atoms. The fourth-order valence-electron chi connectivity index (χ4n) is 1.51. The lowest BCUT2D eigenvalue weighted by atomic mass is 10.3. The van der Waals surface area contributed by atoms with Crippen LogP contribution in [0.1, 0.15) is 13.8 Å². The van der Waals surface area contributed by atoms with Gasteiger partial charge in [0.25, 0.3) is 5.91 Å². The van der Waals surface area contributed by atoms with Crippen LogP contribution < -0.4 is 4.74 Å². The average molecular weight is 302 g/mol. The first kappa shape index (κ1) is 15.9. The third kappa shape index (κ3) is 5.13. The van der Waals surface area contributed by atoms with Gasteiger partial charge in [-0.3, -0.25) is 4.79 Å². The minimum absolute atomic E-state index is 0.0287.